The molecule has 6 heteroatoms. The Hall–Kier alpha value is -1.59. The number of para-hydroxylation sites is 1. The minimum absolute atomic E-state index is 0. The van der Waals surface area contributed by atoms with E-state index in [0.29, 0.717) is 12.5 Å². The molecule has 1 N–H and O–H groups in total. The van der Waals surface area contributed by atoms with Crippen molar-refractivity contribution < 1.29 is 19.1 Å². The van der Waals surface area contributed by atoms with E-state index >= 15 is 0 Å². The molecular weight excluding hydrogens is 294 g/mol. The fourth-order valence-electron chi connectivity index (χ4n) is 2.22. The van der Waals surface area contributed by atoms with Crippen LogP contribution in [0.1, 0.15) is 30.1 Å². The Labute approximate surface area is 130 Å². The van der Waals surface area contributed by atoms with Crippen molar-refractivity contribution in [3.05, 3.63) is 29.8 Å². The second-order valence-electron chi connectivity index (χ2n) is 4.90. The molecule has 1 aromatic carbocycles. The molecular formula is C15H20ClNO4. The summed E-state index contributed by atoms with van der Waals surface area (Å²) in [7, 11) is 0. The van der Waals surface area contributed by atoms with Gasteiger partial charge in [0.2, 0.25) is 0 Å². The van der Waals surface area contributed by atoms with Crippen molar-refractivity contribution in [2.75, 3.05) is 19.7 Å². The first kappa shape index (κ1) is 17.5. The van der Waals surface area contributed by atoms with Gasteiger partial charge in [-0.2, -0.15) is 0 Å². The number of piperidine rings is 1. The number of ether oxygens (including phenoxy) is 2. The number of nitrogens with one attached hydrogen (secondary N) is 1. The number of carbonyl (C=O) groups is 2. The van der Waals surface area contributed by atoms with Gasteiger partial charge in [0.1, 0.15) is 11.3 Å². The average Bonchev–Trinajstić information content (AvgIpc) is 2.46. The highest BCUT2D eigenvalue weighted by Crippen LogP contribution is 2.20. The van der Waals surface area contributed by atoms with Crippen LogP contribution in [0.5, 0.6) is 5.75 Å². The minimum Gasteiger partial charge on any atom is -0.462 e. The first-order chi connectivity index (χ1) is 9.66. The van der Waals surface area contributed by atoms with Crippen LogP contribution >= 0.6 is 12.4 Å². The molecule has 1 aliphatic heterocycles. The summed E-state index contributed by atoms with van der Waals surface area (Å²) in [6, 6.07) is 6.60. The van der Waals surface area contributed by atoms with Gasteiger partial charge >= 0.3 is 11.9 Å². The molecule has 1 saturated heterocycles. The van der Waals surface area contributed by atoms with E-state index in [-0.39, 0.29) is 23.7 Å². The molecule has 0 spiro atoms. The lowest BCUT2D eigenvalue weighted by Gasteiger charge is -2.22. The van der Waals surface area contributed by atoms with E-state index in [1.54, 1.807) is 24.3 Å². The van der Waals surface area contributed by atoms with Gasteiger partial charge < -0.3 is 14.8 Å². The number of halogens is 1. The highest BCUT2D eigenvalue weighted by atomic mass is 35.5. The van der Waals surface area contributed by atoms with Crippen molar-refractivity contribution in [1.82, 2.24) is 5.32 Å². The zero-order valence-corrected chi connectivity index (χ0v) is 12.8. The molecule has 0 aromatic heterocycles. The summed E-state index contributed by atoms with van der Waals surface area (Å²) in [5.41, 5.74) is 0.284. The van der Waals surface area contributed by atoms with Gasteiger partial charge in [-0.05, 0) is 31.5 Å². The summed E-state index contributed by atoms with van der Waals surface area (Å²) in [6.45, 7) is 3.59. The molecule has 0 bridgehead atoms. The molecule has 116 valence electrons. The van der Waals surface area contributed by atoms with E-state index in [0.717, 1.165) is 25.9 Å². The van der Waals surface area contributed by atoms with E-state index in [1.807, 2.05) is 0 Å². The van der Waals surface area contributed by atoms with Crippen LogP contribution in [-0.4, -0.2) is 31.6 Å². The molecule has 2 rings (SSSR count). The molecule has 21 heavy (non-hydrogen) atoms. The topological polar surface area (TPSA) is 64.6 Å². The summed E-state index contributed by atoms with van der Waals surface area (Å²) in [4.78, 5) is 23.1. The number of esters is 2. The van der Waals surface area contributed by atoms with Gasteiger partial charge in [-0.25, -0.2) is 4.79 Å². The zero-order chi connectivity index (χ0) is 14.4. The molecule has 1 atom stereocenters. The lowest BCUT2D eigenvalue weighted by atomic mass is 10.0. The fourth-order valence-corrected chi connectivity index (χ4v) is 2.22. The summed E-state index contributed by atoms with van der Waals surface area (Å²) in [5, 5.41) is 3.28. The Kier molecular flexibility index (Phi) is 7.19. The van der Waals surface area contributed by atoms with Crippen LogP contribution in [0, 0.1) is 5.92 Å². The second kappa shape index (κ2) is 8.64. The minimum atomic E-state index is -0.457. The van der Waals surface area contributed by atoms with E-state index in [1.165, 1.54) is 6.92 Å². The molecule has 1 heterocycles. The Morgan fingerprint density at radius 1 is 1.33 bits per heavy atom. The number of carbonyl (C=O) groups excluding carboxylic acids is 2. The van der Waals surface area contributed by atoms with Crippen LogP contribution in [0.3, 0.4) is 0 Å². The van der Waals surface area contributed by atoms with Gasteiger partial charge in [0.15, 0.2) is 0 Å². The maximum absolute atomic E-state index is 12.1. The maximum Gasteiger partial charge on any atom is 0.341 e. The third-order valence-corrected chi connectivity index (χ3v) is 3.21. The lowest BCUT2D eigenvalue weighted by Crippen LogP contribution is -2.32. The first-order valence-electron chi connectivity index (χ1n) is 6.82. The molecule has 1 aromatic rings. The SMILES string of the molecule is CC(=O)Oc1ccccc1C(=O)OCC1CCCNC1.Cl. The van der Waals surface area contributed by atoms with Crippen LogP contribution in [0.25, 0.3) is 0 Å². The number of benzene rings is 1. The van der Waals surface area contributed by atoms with Gasteiger partial charge in [-0.15, -0.1) is 12.4 Å². The molecule has 1 fully saturated rings. The molecule has 0 radical (unpaired) electrons. The Bertz CT molecular complexity index is 486. The molecule has 1 aliphatic rings. The summed E-state index contributed by atoms with van der Waals surface area (Å²) >= 11 is 0. The predicted molar refractivity (Wildman–Crippen MR) is 80.9 cm³/mol. The molecule has 0 saturated carbocycles. The van der Waals surface area contributed by atoms with Gasteiger partial charge in [0.05, 0.1) is 6.61 Å². The van der Waals surface area contributed by atoms with Gasteiger partial charge in [-0.3, -0.25) is 4.79 Å². The Morgan fingerprint density at radius 2 is 2.10 bits per heavy atom. The van der Waals surface area contributed by atoms with Gasteiger partial charge in [-0.1, -0.05) is 12.1 Å². The number of hydrogen-bond donors (Lipinski definition) is 1. The summed E-state index contributed by atoms with van der Waals surface area (Å²) in [5.74, 6) is -0.311. The predicted octanol–water partition coefficient (Wildman–Crippen LogP) is 2.19. The van der Waals surface area contributed by atoms with Crippen LogP contribution in [0.15, 0.2) is 24.3 Å². The highest BCUT2D eigenvalue weighted by molar-refractivity contribution is 5.93. The Morgan fingerprint density at radius 3 is 2.76 bits per heavy atom. The van der Waals surface area contributed by atoms with E-state index < -0.39 is 11.9 Å². The second-order valence-corrected chi connectivity index (χ2v) is 4.90. The van der Waals surface area contributed by atoms with Crippen molar-refractivity contribution in [3.63, 3.8) is 0 Å². The number of rotatable bonds is 4. The van der Waals surface area contributed by atoms with Crippen LogP contribution in [-0.2, 0) is 9.53 Å². The van der Waals surface area contributed by atoms with E-state index in [9.17, 15) is 9.59 Å². The van der Waals surface area contributed by atoms with Crippen molar-refractivity contribution in [2.24, 2.45) is 5.92 Å². The normalized spacial score (nSPS) is 17.5. The van der Waals surface area contributed by atoms with Crippen LogP contribution < -0.4 is 10.1 Å². The molecule has 0 aliphatic carbocycles. The van der Waals surface area contributed by atoms with Gasteiger partial charge in [0.25, 0.3) is 0 Å². The molecule has 0 amide bonds. The van der Waals surface area contributed by atoms with Gasteiger partial charge in [0, 0.05) is 19.4 Å². The van der Waals surface area contributed by atoms with Crippen molar-refractivity contribution in [3.8, 4) is 5.75 Å². The third-order valence-electron chi connectivity index (χ3n) is 3.21. The highest BCUT2D eigenvalue weighted by Gasteiger charge is 2.18. The first-order valence-corrected chi connectivity index (χ1v) is 6.82. The summed E-state index contributed by atoms with van der Waals surface area (Å²) < 4.78 is 10.3. The smallest absolute Gasteiger partial charge is 0.341 e. The zero-order valence-electron chi connectivity index (χ0n) is 12.0. The number of hydrogen-bond acceptors (Lipinski definition) is 5. The Balaban J connectivity index is 0.00000220. The molecule has 1 unspecified atom stereocenters. The average molecular weight is 314 g/mol. The summed E-state index contributed by atoms with van der Waals surface area (Å²) in [6.07, 6.45) is 2.16. The monoisotopic (exact) mass is 313 g/mol. The lowest BCUT2D eigenvalue weighted by molar-refractivity contribution is -0.131. The molecule has 5 nitrogen and oxygen atoms in total. The van der Waals surface area contributed by atoms with E-state index in [4.69, 9.17) is 9.47 Å². The van der Waals surface area contributed by atoms with Crippen LogP contribution in [0.2, 0.25) is 0 Å². The quantitative estimate of drug-likeness (QED) is 0.682. The largest absolute Gasteiger partial charge is 0.462 e. The van der Waals surface area contributed by atoms with Crippen molar-refractivity contribution in [1.29, 1.82) is 0 Å². The van der Waals surface area contributed by atoms with Crippen molar-refractivity contribution in [2.45, 2.75) is 19.8 Å². The standard InChI is InChI=1S/C15H19NO4.ClH/c1-11(17)20-14-7-3-2-6-13(14)15(18)19-10-12-5-4-8-16-9-12;/h2-3,6-7,12,16H,4-5,8-10H2,1H3;1H. The van der Waals surface area contributed by atoms with Crippen molar-refractivity contribution >= 4 is 24.3 Å². The maximum atomic E-state index is 12.1. The third kappa shape index (κ3) is 5.36. The fraction of sp³-hybridized carbons (Fsp3) is 0.467. The van der Waals surface area contributed by atoms with E-state index in [2.05, 4.69) is 5.32 Å². The van der Waals surface area contributed by atoms with Crippen LogP contribution in [0.4, 0.5) is 0 Å².